The first kappa shape index (κ1) is 16.7. The fourth-order valence-corrected chi connectivity index (χ4v) is 3.92. The number of anilines is 1. The van der Waals surface area contributed by atoms with Crippen LogP contribution in [0.15, 0.2) is 48.5 Å². The van der Waals surface area contributed by atoms with E-state index >= 15 is 0 Å². The zero-order valence-corrected chi connectivity index (χ0v) is 14.7. The minimum atomic E-state index is -0.400. The van der Waals surface area contributed by atoms with Crippen molar-refractivity contribution in [2.75, 3.05) is 18.1 Å². The average Bonchev–Trinajstić information content (AvgIpc) is 3.25. The quantitative estimate of drug-likeness (QED) is 0.705. The second-order valence-corrected chi connectivity index (χ2v) is 7.12. The Balaban J connectivity index is 1.71. The van der Waals surface area contributed by atoms with Crippen LogP contribution in [0, 0.1) is 5.82 Å². The highest BCUT2D eigenvalue weighted by Crippen LogP contribution is 2.30. The number of carbonyl (C=O) groups is 2. The highest BCUT2D eigenvalue weighted by atomic mass is 32.1. The lowest BCUT2D eigenvalue weighted by Crippen LogP contribution is -2.42. The Morgan fingerprint density at radius 3 is 2.65 bits per heavy atom. The maximum absolute atomic E-state index is 13.2. The van der Waals surface area contributed by atoms with Crippen molar-refractivity contribution in [3.63, 3.8) is 0 Å². The van der Waals surface area contributed by atoms with E-state index in [1.54, 1.807) is 4.90 Å². The van der Waals surface area contributed by atoms with Crippen LogP contribution in [0.1, 0.15) is 23.2 Å². The van der Waals surface area contributed by atoms with Gasteiger partial charge in [0.2, 0.25) is 5.91 Å². The molecule has 5 nitrogen and oxygen atoms in total. The predicted octanol–water partition coefficient (Wildman–Crippen LogP) is 3.66. The Labute approximate surface area is 153 Å². The lowest BCUT2D eigenvalue weighted by atomic mass is 10.2. The lowest BCUT2D eigenvalue weighted by Gasteiger charge is -2.26. The molecule has 0 bridgehead atoms. The van der Waals surface area contributed by atoms with Crippen molar-refractivity contribution in [2.24, 2.45) is 0 Å². The Kier molecular flexibility index (Phi) is 4.38. The van der Waals surface area contributed by atoms with E-state index in [9.17, 15) is 14.0 Å². The number of carbonyl (C=O) groups excluding carboxylic acids is 2. The summed E-state index contributed by atoms with van der Waals surface area (Å²) in [4.78, 5) is 32.8. The Morgan fingerprint density at radius 1 is 1.19 bits per heavy atom. The molecule has 4 rings (SSSR count). The number of benzene rings is 2. The van der Waals surface area contributed by atoms with Crippen molar-refractivity contribution >= 4 is 38.5 Å². The van der Waals surface area contributed by atoms with Crippen LogP contribution in [0.5, 0.6) is 0 Å². The third kappa shape index (κ3) is 3.17. The van der Waals surface area contributed by atoms with Crippen molar-refractivity contribution in [1.29, 1.82) is 0 Å². The number of halogens is 1. The van der Waals surface area contributed by atoms with Gasteiger partial charge >= 0.3 is 0 Å². The molecule has 1 aliphatic rings. The zero-order valence-electron chi connectivity index (χ0n) is 13.9. The molecule has 0 N–H and O–H groups in total. The van der Waals surface area contributed by atoms with Gasteiger partial charge in [-0.05, 0) is 42.8 Å². The van der Waals surface area contributed by atoms with Gasteiger partial charge in [-0.1, -0.05) is 23.5 Å². The monoisotopic (exact) mass is 369 g/mol. The van der Waals surface area contributed by atoms with Crippen LogP contribution >= 0.6 is 11.3 Å². The molecule has 0 atom stereocenters. The lowest BCUT2D eigenvalue weighted by molar-refractivity contribution is -0.127. The first-order valence-electron chi connectivity index (χ1n) is 8.32. The summed E-state index contributed by atoms with van der Waals surface area (Å²) in [7, 11) is 0. The number of amides is 2. The fourth-order valence-electron chi connectivity index (χ4n) is 2.96. The summed E-state index contributed by atoms with van der Waals surface area (Å²) in [5, 5.41) is 0.528. The molecule has 132 valence electrons. The number of rotatable bonds is 4. The van der Waals surface area contributed by atoms with E-state index in [0.717, 1.165) is 16.6 Å². The van der Waals surface area contributed by atoms with Crippen LogP contribution in [0.25, 0.3) is 10.2 Å². The van der Waals surface area contributed by atoms with E-state index < -0.39 is 5.82 Å². The number of hydrogen-bond donors (Lipinski definition) is 0. The molecule has 7 heteroatoms. The molecule has 0 aliphatic carbocycles. The molecule has 2 aromatic carbocycles. The van der Waals surface area contributed by atoms with Crippen LogP contribution in [-0.2, 0) is 4.79 Å². The Hall–Kier alpha value is -2.80. The van der Waals surface area contributed by atoms with Gasteiger partial charge in [0, 0.05) is 18.5 Å². The number of fused-ring (bicyclic) bond motifs is 1. The van der Waals surface area contributed by atoms with Crippen molar-refractivity contribution in [2.45, 2.75) is 12.8 Å². The van der Waals surface area contributed by atoms with E-state index in [0.29, 0.717) is 23.7 Å². The summed E-state index contributed by atoms with van der Waals surface area (Å²) in [6.45, 7) is 0.770. The number of para-hydroxylation sites is 1. The molecule has 1 saturated heterocycles. The molecule has 2 amide bonds. The van der Waals surface area contributed by atoms with Crippen LogP contribution in [-0.4, -0.2) is 34.9 Å². The summed E-state index contributed by atoms with van der Waals surface area (Å²) in [5.74, 6) is -0.672. The summed E-state index contributed by atoms with van der Waals surface area (Å²) in [6, 6.07) is 13.0. The molecule has 1 fully saturated rings. The van der Waals surface area contributed by atoms with E-state index in [1.165, 1.54) is 40.5 Å². The third-order valence-electron chi connectivity index (χ3n) is 4.33. The Bertz CT molecular complexity index is 937. The normalized spacial score (nSPS) is 14.2. The number of likely N-dealkylation sites (tertiary alicyclic amines) is 1. The van der Waals surface area contributed by atoms with E-state index in [1.807, 2.05) is 24.3 Å². The Morgan fingerprint density at radius 2 is 1.96 bits per heavy atom. The maximum Gasteiger partial charge on any atom is 0.261 e. The largest absolute Gasteiger partial charge is 0.324 e. The van der Waals surface area contributed by atoms with E-state index in [4.69, 9.17) is 0 Å². The molecule has 0 saturated carbocycles. The van der Waals surface area contributed by atoms with Crippen LogP contribution in [0.3, 0.4) is 0 Å². The second-order valence-electron chi connectivity index (χ2n) is 6.11. The van der Waals surface area contributed by atoms with Crippen LogP contribution in [0.4, 0.5) is 9.52 Å². The summed E-state index contributed by atoms with van der Waals surface area (Å²) >= 11 is 1.40. The van der Waals surface area contributed by atoms with Crippen molar-refractivity contribution < 1.29 is 14.0 Å². The molecule has 26 heavy (non-hydrogen) atoms. The topological polar surface area (TPSA) is 53.5 Å². The van der Waals surface area contributed by atoms with Gasteiger partial charge in [0.25, 0.3) is 5.91 Å². The third-order valence-corrected chi connectivity index (χ3v) is 5.39. The SMILES string of the molecule is O=C1CCCN1CN(C(=O)c1ccc(F)cc1)c1nc2ccccc2s1. The van der Waals surface area contributed by atoms with E-state index in [-0.39, 0.29) is 18.5 Å². The maximum atomic E-state index is 13.2. The summed E-state index contributed by atoms with van der Waals surface area (Å²) in [6.07, 6.45) is 1.29. The van der Waals surface area contributed by atoms with Gasteiger partial charge in [0.05, 0.1) is 10.2 Å². The van der Waals surface area contributed by atoms with Crippen LogP contribution in [0.2, 0.25) is 0 Å². The molecule has 1 aromatic heterocycles. The van der Waals surface area contributed by atoms with Gasteiger partial charge in [-0.25, -0.2) is 9.37 Å². The first-order chi connectivity index (χ1) is 12.6. The van der Waals surface area contributed by atoms with Gasteiger partial charge in [0.15, 0.2) is 5.13 Å². The van der Waals surface area contributed by atoms with Crippen molar-refractivity contribution in [3.05, 3.63) is 59.9 Å². The minimum absolute atomic E-state index is 0.0306. The second kappa shape index (κ2) is 6.84. The fraction of sp³-hybridized carbons (Fsp3) is 0.211. The summed E-state index contributed by atoms with van der Waals surface area (Å²) < 4.78 is 14.2. The molecule has 3 aromatic rings. The number of hydrogen-bond acceptors (Lipinski definition) is 4. The predicted molar refractivity (Wildman–Crippen MR) is 98.6 cm³/mol. The summed E-state index contributed by atoms with van der Waals surface area (Å²) in [5.41, 5.74) is 1.16. The number of thiazole rings is 1. The molecule has 0 spiro atoms. The molecular weight excluding hydrogens is 353 g/mol. The van der Waals surface area contributed by atoms with Crippen molar-refractivity contribution in [1.82, 2.24) is 9.88 Å². The molecule has 0 radical (unpaired) electrons. The van der Waals surface area contributed by atoms with Gasteiger partial charge in [0.1, 0.15) is 12.5 Å². The van der Waals surface area contributed by atoms with E-state index in [2.05, 4.69) is 4.98 Å². The first-order valence-corrected chi connectivity index (χ1v) is 9.14. The highest BCUT2D eigenvalue weighted by molar-refractivity contribution is 7.22. The van der Waals surface area contributed by atoms with Gasteiger partial charge in [-0.3, -0.25) is 14.5 Å². The number of aromatic nitrogens is 1. The van der Waals surface area contributed by atoms with Gasteiger partial charge in [-0.2, -0.15) is 0 Å². The van der Waals surface area contributed by atoms with Gasteiger partial charge < -0.3 is 4.90 Å². The molecule has 2 heterocycles. The van der Waals surface area contributed by atoms with Gasteiger partial charge in [-0.15, -0.1) is 0 Å². The smallest absolute Gasteiger partial charge is 0.261 e. The molecule has 1 aliphatic heterocycles. The molecular formula is C19H16FN3O2S. The highest BCUT2D eigenvalue weighted by Gasteiger charge is 2.28. The standard InChI is InChI=1S/C19H16FN3O2S/c20-14-9-7-13(8-10-14)18(25)23(12-22-11-3-6-17(22)24)19-21-15-4-1-2-5-16(15)26-19/h1-2,4-5,7-10H,3,6,11-12H2. The average molecular weight is 369 g/mol. The minimum Gasteiger partial charge on any atom is -0.324 e. The van der Waals surface area contributed by atoms with Crippen molar-refractivity contribution in [3.8, 4) is 0 Å². The number of nitrogens with zero attached hydrogens (tertiary/aromatic N) is 3. The van der Waals surface area contributed by atoms with Crippen LogP contribution < -0.4 is 4.90 Å². The molecule has 0 unspecified atom stereocenters. The zero-order chi connectivity index (χ0) is 18.1.